The molecule has 0 aromatic heterocycles. The SMILES string of the molecule is CNC(=O)CCC(C=O)N1C(=O)C2=C(CC=C(N3CCN(CC4CCN(c5ccc([C@H]6C[C@@H](c7ccccc7)COC7=CC(O)C=CC=C76)cc5)CC4)CC3)C(F)=C2)C1=O. The number of aldehydes is 1. The zero-order valence-corrected chi connectivity index (χ0v) is 34.2. The van der Waals surface area contributed by atoms with Crippen LogP contribution in [0.15, 0.2) is 125 Å². The van der Waals surface area contributed by atoms with Gasteiger partial charge in [-0.15, -0.1) is 0 Å². The molecule has 314 valence electrons. The van der Waals surface area contributed by atoms with Crippen molar-refractivity contribution in [2.24, 2.45) is 5.92 Å². The lowest BCUT2D eigenvalue weighted by Crippen LogP contribution is -2.48. The molecule has 8 rings (SSSR count). The molecule has 4 aliphatic heterocycles. The van der Waals surface area contributed by atoms with Crippen molar-refractivity contribution in [1.29, 1.82) is 0 Å². The van der Waals surface area contributed by atoms with Crippen LogP contribution < -0.4 is 10.2 Å². The van der Waals surface area contributed by atoms with E-state index in [0.717, 1.165) is 74.3 Å². The molecule has 6 aliphatic rings. The molecule has 11 nitrogen and oxygen atoms in total. The van der Waals surface area contributed by atoms with Crippen molar-refractivity contribution < 1.29 is 33.4 Å². The number of piperidine rings is 1. The molecule has 2 N–H and O–H groups in total. The van der Waals surface area contributed by atoms with Crippen molar-refractivity contribution in [2.45, 2.75) is 62.5 Å². The Morgan fingerprint density at radius 2 is 1.72 bits per heavy atom. The minimum absolute atomic E-state index is 0.00346. The molecule has 2 aliphatic carbocycles. The highest BCUT2D eigenvalue weighted by Gasteiger charge is 2.42. The lowest BCUT2D eigenvalue weighted by molar-refractivity contribution is -0.143. The summed E-state index contributed by atoms with van der Waals surface area (Å²) in [5.41, 5.74) is 5.37. The Bertz CT molecular complexity index is 2140. The van der Waals surface area contributed by atoms with Gasteiger partial charge in [0, 0.05) is 88.0 Å². The highest BCUT2D eigenvalue weighted by Crippen LogP contribution is 2.43. The highest BCUT2D eigenvalue weighted by molar-refractivity contribution is 6.22. The second-order valence-corrected chi connectivity index (χ2v) is 16.6. The number of carbonyl (C=O) groups excluding carboxylic acids is 4. The summed E-state index contributed by atoms with van der Waals surface area (Å²) in [6.45, 7) is 6.36. The van der Waals surface area contributed by atoms with Crippen molar-refractivity contribution in [2.75, 3.05) is 64.4 Å². The molecule has 3 fully saturated rings. The number of fused-ring (bicyclic) bond motifs is 1. The second-order valence-electron chi connectivity index (χ2n) is 16.6. The van der Waals surface area contributed by atoms with E-state index in [2.05, 4.69) is 69.7 Å². The van der Waals surface area contributed by atoms with E-state index in [0.29, 0.717) is 37.6 Å². The smallest absolute Gasteiger partial charge is 0.261 e. The van der Waals surface area contributed by atoms with Crippen LogP contribution in [0.4, 0.5) is 10.1 Å². The van der Waals surface area contributed by atoms with Gasteiger partial charge in [-0.1, -0.05) is 66.8 Å². The third kappa shape index (κ3) is 8.81. The summed E-state index contributed by atoms with van der Waals surface area (Å²) < 4.78 is 22.1. The first kappa shape index (κ1) is 41.2. The normalized spacial score (nSPS) is 24.5. The predicted octanol–water partition coefficient (Wildman–Crippen LogP) is 5.45. The average molecular weight is 816 g/mol. The van der Waals surface area contributed by atoms with Gasteiger partial charge in [0.05, 0.1) is 30.0 Å². The molecule has 0 radical (unpaired) electrons. The van der Waals surface area contributed by atoms with Gasteiger partial charge in [-0.05, 0) is 73.4 Å². The third-order valence-corrected chi connectivity index (χ3v) is 13.0. The third-order valence-electron chi connectivity index (χ3n) is 13.0. The average Bonchev–Trinajstić information content (AvgIpc) is 3.53. The minimum Gasteiger partial charge on any atom is -0.493 e. The zero-order chi connectivity index (χ0) is 41.8. The fourth-order valence-corrected chi connectivity index (χ4v) is 9.55. The van der Waals surface area contributed by atoms with Crippen LogP contribution in [0.1, 0.15) is 61.5 Å². The van der Waals surface area contributed by atoms with Gasteiger partial charge in [0.1, 0.15) is 17.9 Å². The molecule has 0 spiro atoms. The van der Waals surface area contributed by atoms with Gasteiger partial charge in [-0.3, -0.25) is 24.2 Å². The molecule has 2 unspecified atom stereocenters. The number of rotatable bonds is 11. The number of carbonyl (C=O) groups is 4. The maximum absolute atomic E-state index is 15.8. The summed E-state index contributed by atoms with van der Waals surface area (Å²) in [6, 6.07) is 18.5. The van der Waals surface area contributed by atoms with Crippen LogP contribution in [-0.2, 0) is 23.9 Å². The monoisotopic (exact) mass is 815 g/mol. The Balaban J connectivity index is 0.833. The summed E-state index contributed by atoms with van der Waals surface area (Å²) in [5.74, 6) is -0.498. The predicted molar refractivity (Wildman–Crippen MR) is 227 cm³/mol. The van der Waals surface area contributed by atoms with E-state index in [1.807, 2.05) is 23.1 Å². The molecular weight excluding hydrogens is 762 g/mol. The summed E-state index contributed by atoms with van der Waals surface area (Å²) in [4.78, 5) is 58.0. The van der Waals surface area contributed by atoms with Gasteiger partial charge < -0.3 is 29.8 Å². The molecule has 2 aromatic rings. The van der Waals surface area contributed by atoms with E-state index >= 15 is 4.39 Å². The number of ether oxygens (including phenoxy) is 1. The molecule has 2 aromatic carbocycles. The summed E-state index contributed by atoms with van der Waals surface area (Å²) in [5, 5.41) is 12.9. The number of imide groups is 1. The van der Waals surface area contributed by atoms with E-state index in [1.54, 1.807) is 12.2 Å². The second kappa shape index (κ2) is 18.4. The van der Waals surface area contributed by atoms with Crippen LogP contribution in [0, 0.1) is 5.92 Å². The van der Waals surface area contributed by atoms with Gasteiger partial charge >= 0.3 is 0 Å². The molecular formula is C48H54FN5O6. The van der Waals surface area contributed by atoms with Crippen LogP contribution in [0.2, 0.25) is 0 Å². The van der Waals surface area contributed by atoms with Gasteiger partial charge in [0.15, 0.2) is 0 Å². The molecule has 0 bridgehead atoms. The fourth-order valence-electron chi connectivity index (χ4n) is 9.55. The first-order valence-electron chi connectivity index (χ1n) is 21.3. The van der Waals surface area contributed by atoms with Crippen molar-refractivity contribution in [3.63, 3.8) is 0 Å². The summed E-state index contributed by atoms with van der Waals surface area (Å²) in [6.07, 6.45) is 13.4. The lowest BCUT2D eigenvalue weighted by atomic mass is 9.81. The van der Waals surface area contributed by atoms with Gasteiger partial charge in [-0.2, -0.15) is 0 Å². The zero-order valence-electron chi connectivity index (χ0n) is 34.2. The van der Waals surface area contributed by atoms with E-state index in [9.17, 15) is 24.3 Å². The topological polar surface area (TPSA) is 123 Å². The van der Waals surface area contributed by atoms with E-state index < -0.39 is 29.8 Å². The molecule has 12 heteroatoms. The molecule has 3 amide bonds. The highest BCUT2D eigenvalue weighted by atomic mass is 19.1. The number of amides is 3. The number of aliphatic hydroxyl groups is 1. The Morgan fingerprint density at radius 1 is 0.967 bits per heavy atom. The van der Waals surface area contributed by atoms with Crippen molar-refractivity contribution in [1.82, 2.24) is 20.0 Å². The molecule has 0 saturated carbocycles. The maximum atomic E-state index is 15.8. The van der Waals surface area contributed by atoms with Crippen LogP contribution >= 0.6 is 0 Å². The number of halogens is 1. The lowest BCUT2D eigenvalue weighted by Gasteiger charge is -2.40. The largest absolute Gasteiger partial charge is 0.493 e. The minimum atomic E-state index is -1.09. The van der Waals surface area contributed by atoms with Gasteiger partial charge in [0.25, 0.3) is 11.8 Å². The summed E-state index contributed by atoms with van der Waals surface area (Å²) in [7, 11) is 1.47. The first-order chi connectivity index (χ1) is 29.2. The number of anilines is 1. The van der Waals surface area contributed by atoms with E-state index in [1.165, 1.54) is 23.9 Å². The Labute approximate surface area is 351 Å². The fraction of sp³-hybridized carbons (Fsp3) is 0.417. The number of nitrogens with one attached hydrogen (secondary N) is 1. The maximum Gasteiger partial charge on any atom is 0.261 e. The van der Waals surface area contributed by atoms with E-state index in [-0.39, 0.29) is 48.2 Å². The molecule has 60 heavy (non-hydrogen) atoms. The van der Waals surface area contributed by atoms with Crippen molar-refractivity contribution >= 4 is 29.7 Å². The number of hydrogen-bond acceptors (Lipinski definition) is 9. The Morgan fingerprint density at radius 3 is 2.43 bits per heavy atom. The van der Waals surface area contributed by atoms with Crippen LogP contribution in [-0.4, -0.2) is 115 Å². The van der Waals surface area contributed by atoms with Gasteiger partial charge in [0.2, 0.25) is 5.91 Å². The molecule has 4 atom stereocenters. The van der Waals surface area contributed by atoms with Crippen LogP contribution in [0.25, 0.3) is 0 Å². The quantitative estimate of drug-likeness (QED) is 0.226. The van der Waals surface area contributed by atoms with E-state index in [4.69, 9.17) is 4.74 Å². The van der Waals surface area contributed by atoms with Crippen molar-refractivity contribution in [3.05, 3.63) is 136 Å². The number of piperazine rings is 1. The number of allylic oxidation sites excluding steroid dienone is 5. The van der Waals surface area contributed by atoms with Crippen LogP contribution in [0.3, 0.4) is 0 Å². The Kier molecular flexibility index (Phi) is 12.6. The van der Waals surface area contributed by atoms with Crippen LogP contribution in [0.5, 0.6) is 0 Å². The first-order valence-corrected chi connectivity index (χ1v) is 21.3. The molecule has 3 saturated heterocycles. The summed E-state index contributed by atoms with van der Waals surface area (Å²) >= 11 is 0. The number of hydrogen-bond donors (Lipinski definition) is 2. The number of aliphatic hydroxyl groups excluding tert-OH is 1. The van der Waals surface area contributed by atoms with Gasteiger partial charge in [-0.25, -0.2) is 4.39 Å². The molecule has 4 heterocycles. The van der Waals surface area contributed by atoms with Crippen molar-refractivity contribution in [3.8, 4) is 0 Å². The Hall–Kier alpha value is -5.59. The number of nitrogens with zero attached hydrogens (tertiary/aromatic N) is 4. The number of benzene rings is 2. The standard InChI is InChI=1S/C48H54FN5O6/c1-50-46(57)17-14-37(30-55)54-47(58)40-15-16-44(43(49)28-42(40)48(54)59)53-24-22-51(23-25-53)29-32-18-20-52(21-19-32)36-12-10-34(11-13-36)41-26-35(33-6-3-2-4-7-33)31-60-45-27-38(56)8-5-9-39(41)45/h2-13,16,27-28,30,32,35,37-38,41,56H,14-15,17-26,29,31H2,1H3,(H,50,57)/t35-,37?,38?,41-/m1/s1.